The Bertz CT molecular complexity index is 363. The number of ether oxygens (including phenoxy) is 2. The number of halogens is 2. The minimum Gasteiger partial charge on any atom is -0.496 e. The fourth-order valence-corrected chi connectivity index (χ4v) is 2.04. The van der Waals surface area contributed by atoms with Crippen molar-refractivity contribution >= 4 is 27.5 Å². The molecule has 0 heterocycles. The molecule has 0 atom stereocenters. The molecule has 0 amide bonds. The standard InChI is InChI=1S/C13H19BrClNO2/c1-16(6-8-18-7-5-14)10-11-9-12(15)3-4-13(11)17-2/h3-4,9H,5-8,10H2,1-2H3. The van der Waals surface area contributed by atoms with E-state index in [1.54, 1.807) is 7.11 Å². The lowest BCUT2D eigenvalue weighted by atomic mass is 10.2. The van der Waals surface area contributed by atoms with Crippen molar-refractivity contribution in [2.45, 2.75) is 6.54 Å². The smallest absolute Gasteiger partial charge is 0.123 e. The molecular formula is C13H19BrClNO2. The zero-order valence-electron chi connectivity index (χ0n) is 10.8. The Morgan fingerprint density at radius 1 is 1.33 bits per heavy atom. The van der Waals surface area contributed by atoms with Crippen molar-refractivity contribution in [2.75, 3.05) is 39.2 Å². The van der Waals surface area contributed by atoms with E-state index in [4.69, 9.17) is 21.1 Å². The molecule has 1 rings (SSSR count). The Kier molecular flexibility index (Phi) is 7.66. The van der Waals surface area contributed by atoms with Crippen LogP contribution in [0.4, 0.5) is 0 Å². The van der Waals surface area contributed by atoms with Crippen molar-refractivity contribution in [1.82, 2.24) is 4.90 Å². The van der Waals surface area contributed by atoms with Gasteiger partial charge in [0.1, 0.15) is 5.75 Å². The van der Waals surface area contributed by atoms with Crippen molar-refractivity contribution in [3.63, 3.8) is 0 Å². The molecule has 0 saturated heterocycles. The summed E-state index contributed by atoms with van der Waals surface area (Å²) in [5.41, 5.74) is 1.09. The van der Waals surface area contributed by atoms with Crippen LogP contribution in [0.2, 0.25) is 5.02 Å². The van der Waals surface area contributed by atoms with E-state index in [-0.39, 0.29) is 0 Å². The van der Waals surface area contributed by atoms with Crippen LogP contribution in [0.5, 0.6) is 5.75 Å². The van der Waals surface area contributed by atoms with E-state index in [0.717, 1.165) is 48.0 Å². The number of likely N-dealkylation sites (N-methyl/N-ethyl adjacent to an activating group) is 1. The first-order chi connectivity index (χ1) is 8.67. The number of rotatable bonds is 8. The molecule has 18 heavy (non-hydrogen) atoms. The number of methoxy groups -OCH3 is 1. The molecule has 1 aromatic rings. The molecule has 5 heteroatoms. The molecule has 0 aliphatic heterocycles. The van der Waals surface area contributed by atoms with Gasteiger partial charge in [-0.25, -0.2) is 0 Å². The van der Waals surface area contributed by atoms with Crippen LogP contribution in [-0.4, -0.2) is 44.1 Å². The molecule has 0 spiro atoms. The van der Waals surface area contributed by atoms with Gasteiger partial charge in [-0.1, -0.05) is 27.5 Å². The number of alkyl halides is 1. The quantitative estimate of drug-likeness (QED) is 0.537. The van der Waals surface area contributed by atoms with Gasteiger partial charge in [0.05, 0.1) is 20.3 Å². The first kappa shape index (κ1) is 15.8. The van der Waals surface area contributed by atoms with Gasteiger partial charge < -0.3 is 9.47 Å². The molecule has 0 radical (unpaired) electrons. The lowest BCUT2D eigenvalue weighted by Crippen LogP contribution is -2.23. The largest absolute Gasteiger partial charge is 0.496 e. The Morgan fingerprint density at radius 2 is 2.11 bits per heavy atom. The molecule has 0 aliphatic carbocycles. The lowest BCUT2D eigenvalue weighted by molar-refractivity contribution is 0.122. The lowest BCUT2D eigenvalue weighted by Gasteiger charge is -2.18. The molecule has 0 saturated carbocycles. The molecule has 0 aromatic heterocycles. The van der Waals surface area contributed by atoms with Crippen LogP contribution in [0.3, 0.4) is 0 Å². The van der Waals surface area contributed by atoms with Crippen LogP contribution < -0.4 is 4.74 Å². The highest BCUT2D eigenvalue weighted by Crippen LogP contribution is 2.23. The van der Waals surface area contributed by atoms with Gasteiger partial charge in [-0.2, -0.15) is 0 Å². The Balaban J connectivity index is 2.47. The zero-order chi connectivity index (χ0) is 13.4. The second-order valence-corrected chi connectivity index (χ2v) is 5.22. The summed E-state index contributed by atoms with van der Waals surface area (Å²) in [5.74, 6) is 0.868. The minimum absolute atomic E-state index is 0.727. The van der Waals surface area contributed by atoms with E-state index in [0.29, 0.717) is 0 Å². The SMILES string of the molecule is COc1ccc(Cl)cc1CN(C)CCOCCBr. The van der Waals surface area contributed by atoms with Gasteiger partial charge in [-0.15, -0.1) is 0 Å². The Morgan fingerprint density at radius 3 is 2.78 bits per heavy atom. The van der Waals surface area contributed by atoms with Gasteiger partial charge in [0.25, 0.3) is 0 Å². The number of hydrogen-bond donors (Lipinski definition) is 0. The molecule has 1 aromatic carbocycles. The van der Waals surface area contributed by atoms with Gasteiger partial charge >= 0.3 is 0 Å². The topological polar surface area (TPSA) is 21.7 Å². The summed E-state index contributed by atoms with van der Waals surface area (Å²) in [4.78, 5) is 2.18. The van der Waals surface area contributed by atoms with E-state index in [1.165, 1.54) is 0 Å². The molecule has 0 fully saturated rings. The highest BCUT2D eigenvalue weighted by atomic mass is 79.9. The maximum atomic E-state index is 6.00. The van der Waals surface area contributed by atoms with Crippen molar-refractivity contribution in [3.05, 3.63) is 28.8 Å². The average Bonchev–Trinajstić information content (AvgIpc) is 2.35. The predicted molar refractivity (Wildman–Crippen MR) is 79.0 cm³/mol. The third kappa shape index (κ3) is 5.57. The number of benzene rings is 1. The average molecular weight is 337 g/mol. The zero-order valence-corrected chi connectivity index (χ0v) is 13.1. The van der Waals surface area contributed by atoms with E-state index >= 15 is 0 Å². The van der Waals surface area contributed by atoms with Crippen LogP contribution >= 0.6 is 27.5 Å². The Hall–Kier alpha value is -0.290. The van der Waals surface area contributed by atoms with Gasteiger partial charge in [0.2, 0.25) is 0 Å². The fraction of sp³-hybridized carbons (Fsp3) is 0.538. The van der Waals surface area contributed by atoms with Crippen molar-refractivity contribution in [2.24, 2.45) is 0 Å². The van der Waals surface area contributed by atoms with Gasteiger partial charge in [-0.3, -0.25) is 4.90 Å². The van der Waals surface area contributed by atoms with Crippen LogP contribution in [-0.2, 0) is 11.3 Å². The van der Waals surface area contributed by atoms with E-state index in [9.17, 15) is 0 Å². The third-order valence-corrected chi connectivity index (χ3v) is 3.08. The van der Waals surface area contributed by atoms with Crippen LogP contribution in [0.15, 0.2) is 18.2 Å². The normalized spacial score (nSPS) is 10.9. The second kappa shape index (κ2) is 8.75. The third-order valence-electron chi connectivity index (χ3n) is 2.52. The second-order valence-electron chi connectivity index (χ2n) is 4.00. The summed E-state index contributed by atoms with van der Waals surface area (Å²) in [5, 5.41) is 1.61. The van der Waals surface area contributed by atoms with Crippen LogP contribution in [0.1, 0.15) is 5.56 Å². The van der Waals surface area contributed by atoms with Crippen molar-refractivity contribution in [3.8, 4) is 5.75 Å². The summed E-state index contributed by atoms with van der Waals surface area (Å²) >= 11 is 9.33. The van der Waals surface area contributed by atoms with Crippen LogP contribution in [0.25, 0.3) is 0 Å². The maximum absolute atomic E-state index is 6.00. The molecule has 0 aliphatic rings. The molecule has 102 valence electrons. The molecule has 0 N–H and O–H groups in total. The van der Waals surface area contributed by atoms with Crippen molar-refractivity contribution < 1.29 is 9.47 Å². The van der Waals surface area contributed by atoms with Gasteiger partial charge in [-0.05, 0) is 25.2 Å². The van der Waals surface area contributed by atoms with Crippen molar-refractivity contribution in [1.29, 1.82) is 0 Å². The van der Waals surface area contributed by atoms with Crippen LogP contribution in [0, 0.1) is 0 Å². The molecule has 0 unspecified atom stereocenters. The first-order valence-corrected chi connectivity index (χ1v) is 7.32. The fourth-order valence-electron chi connectivity index (χ4n) is 1.62. The summed E-state index contributed by atoms with van der Waals surface area (Å²) in [6.07, 6.45) is 0. The summed E-state index contributed by atoms with van der Waals surface area (Å²) < 4.78 is 10.7. The van der Waals surface area contributed by atoms with Gasteiger partial charge in [0, 0.05) is 29.0 Å². The highest BCUT2D eigenvalue weighted by molar-refractivity contribution is 9.09. The Labute approximate surface area is 122 Å². The van der Waals surface area contributed by atoms with E-state index in [1.807, 2.05) is 18.2 Å². The number of nitrogens with zero attached hydrogens (tertiary/aromatic N) is 1. The molecular weight excluding hydrogens is 318 g/mol. The van der Waals surface area contributed by atoms with E-state index in [2.05, 4.69) is 27.9 Å². The summed E-state index contributed by atoms with van der Waals surface area (Å²) in [6.45, 7) is 3.14. The predicted octanol–water partition coefficient (Wildman–Crippen LogP) is 3.19. The van der Waals surface area contributed by atoms with Gasteiger partial charge in [0.15, 0.2) is 0 Å². The number of hydrogen-bond acceptors (Lipinski definition) is 3. The summed E-state index contributed by atoms with van der Waals surface area (Å²) in [7, 11) is 3.73. The highest BCUT2D eigenvalue weighted by Gasteiger charge is 2.07. The maximum Gasteiger partial charge on any atom is 0.123 e. The summed E-state index contributed by atoms with van der Waals surface area (Å²) in [6, 6.07) is 5.67. The molecule has 3 nitrogen and oxygen atoms in total. The minimum atomic E-state index is 0.727. The van der Waals surface area contributed by atoms with E-state index < -0.39 is 0 Å². The first-order valence-electron chi connectivity index (χ1n) is 5.82. The molecule has 0 bridgehead atoms. The monoisotopic (exact) mass is 335 g/mol.